The molecule has 8 nitrogen and oxygen atoms in total. The van der Waals surface area contributed by atoms with Crippen molar-refractivity contribution in [2.45, 2.75) is 30.2 Å². The van der Waals surface area contributed by atoms with Gasteiger partial charge in [-0.05, 0) is 6.92 Å². The zero-order valence-electron chi connectivity index (χ0n) is 12.0. The molecule has 4 atom stereocenters. The lowest BCUT2D eigenvalue weighted by Gasteiger charge is -2.25. The summed E-state index contributed by atoms with van der Waals surface area (Å²) in [4.78, 5) is 9.59. The fraction of sp³-hybridized carbons (Fsp3) is 0.462. The van der Waals surface area contributed by atoms with Crippen molar-refractivity contribution in [1.82, 2.24) is 19.5 Å². The Morgan fingerprint density at radius 3 is 3.04 bits per heavy atom. The number of halogens is 1. The quantitative estimate of drug-likeness (QED) is 0.347. The fourth-order valence-electron chi connectivity index (χ4n) is 2.61. The second kappa shape index (κ2) is 5.74. The maximum absolute atomic E-state index is 10.4. The molecule has 1 aliphatic heterocycles. The van der Waals surface area contributed by atoms with Gasteiger partial charge in [-0.3, -0.25) is 4.57 Å². The van der Waals surface area contributed by atoms with Gasteiger partial charge in [0.25, 0.3) is 0 Å². The van der Waals surface area contributed by atoms with Crippen LogP contribution >= 0.6 is 23.8 Å². The van der Waals surface area contributed by atoms with Crippen LogP contribution in [0, 0.1) is 16.5 Å². The highest BCUT2D eigenvalue weighted by molar-refractivity contribution is 7.71. The summed E-state index contributed by atoms with van der Waals surface area (Å²) in [7, 11) is 0. The van der Waals surface area contributed by atoms with Crippen LogP contribution in [0.1, 0.15) is 13.2 Å². The van der Waals surface area contributed by atoms with E-state index in [9.17, 15) is 10.2 Å². The highest BCUT2D eigenvalue weighted by Gasteiger charge is 2.55. The Kier molecular flexibility index (Phi) is 4.03. The van der Waals surface area contributed by atoms with Crippen molar-refractivity contribution in [3.63, 3.8) is 0 Å². The molecule has 5 N–H and O–H groups in total. The number of alkyl halides is 1. The number of ether oxygens (including phenoxy) is 1. The van der Waals surface area contributed by atoms with Crippen LogP contribution in [-0.4, -0.2) is 53.4 Å². The molecule has 0 bridgehead atoms. The molecule has 1 aliphatic rings. The first-order chi connectivity index (χ1) is 10.9. The molecule has 0 spiro atoms. The molecule has 0 amide bonds. The van der Waals surface area contributed by atoms with Crippen LogP contribution in [0.4, 0.5) is 5.95 Å². The second-order valence-corrected chi connectivity index (χ2v) is 6.11. The lowest BCUT2D eigenvalue weighted by atomic mass is 9.99. The molecule has 0 radical (unpaired) electrons. The number of nitrogens with one attached hydrogen (secondary N) is 1. The van der Waals surface area contributed by atoms with Gasteiger partial charge >= 0.3 is 0 Å². The number of rotatable bonds is 2. The third-order valence-electron chi connectivity index (χ3n) is 3.65. The monoisotopic (exact) mass is 355 g/mol. The number of H-pyrrole nitrogens is 1. The normalized spacial score (nSPS) is 30.3. The third kappa shape index (κ3) is 2.39. The maximum atomic E-state index is 10.4. The number of aliphatic hydroxyl groups excluding tert-OH is 2. The number of imidazole rings is 1. The van der Waals surface area contributed by atoms with Gasteiger partial charge in [0.1, 0.15) is 22.4 Å². The number of nitrogen functional groups attached to an aromatic ring is 1. The van der Waals surface area contributed by atoms with Crippen LogP contribution in [0.5, 0.6) is 0 Å². The largest absolute Gasteiger partial charge is 0.394 e. The topological polar surface area (TPSA) is 122 Å². The molecule has 23 heavy (non-hydrogen) atoms. The molecule has 2 aromatic heterocycles. The Hall–Kier alpha value is -1.70. The van der Waals surface area contributed by atoms with Crippen molar-refractivity contribution in [2.75, 3.05) is 12.3 Å². The number of fused-ring (bicyclic) bond motifs is 1. The molecule has 10 heteroatoms. The van der Waals surface area contributed by atoms with Gasteiger partial charge in [0, 0.05) is 0 Å². The molecule has 0 aromatic carbocycles. The Bertz CT molecular complexity index is 872. The van der Waals surface area contributed by atoms with Crippen molar-refractivity contribution >= 4 is 40.9 Å². The highest BCUT2D eigenvalue weighted by atomic mass is 35.5. The van der Waals surface area contributed by atoms with Crippen LogP contribution in [0.25, 0.3) is 11.2 Å². The Balaban J connectivity index is 2.20. The van der Waals surface area contributed by atoms with Crippen molar-refractivity contribution in [3.05, 3.63) is 11.0 Å². The maximum Gasteiger partial charge on any atom is 0.200 e. The van der Waals surface area contributed by atoms with Crippen molar-refractivity contribution < 1.29 is 14.9 Å². The lowest BCUT2D eigenvalue weighted by Crippen LogP contribution is -2.41. The van der Waals surface area contributed by atoms with E-state index in [0.717, 1.165) is 0 Å². The van der Waals surface area contributed by atoms with Crippen molar-refractivity contribution in [3.8, 4) is 11.8 Å². The van der Waals surface area contributed by atoms with E-state index in [-0.39, 0.29) is 5.95 Å². The molecular weight excluding hydrogens is 342 g/mol. The molecule has 3 rings (SSSR count). The Morgan fingerprint density at radius 2 is 2.39 bits per heavy atom. The van der Waals surface area contributed by atoms with Gasteiger partial charge in [-0.1, -0.05) is 29.7 Å². The number of aromatic nitrogens is 4. The average Bonchev–Trinajstić information content (AvgIpc) is 3.01. The minimum absolute atomic E-state index is 0.114. The summed E-state index contributed by atoms with van der Waals surface area (Å²) >= 11 is 11.7. The zero-order chi connectivity index (χ0) is 16.8. The molecule has 0 aliphatic carbocycles. The van der Waals surface area contributed by atoms with Gasteiger partial charge in [-0.25, -0.2) is 4.98 Å². The Morgan fingerprint density at radius 1 is 1.65 bits per heavy atom. The SMILES string of the molecule is CC#CC1(Cl)[C@@H](O)[C@@H](CO)O[C@H]1n1cnc2c(=S)[nH]c(N)nc21. The number of nitrogens with zero attached hydrogens (tertiary/aromatic N) is 3. The summed E-state index contributed by atoms with van der Waals surface area (Å²) in [5.41, 5.74) is 6.46. The van der Waals surface area contributed by atoms with Crippen LogP contribution in [0.3, 0.4) is 0 Å². The fourth-order valence-corrected chi connectivity index (χ4v) is 3.25. The second-order valence-electron chi connectivity index (χ2n) is 5.07. The number of hydrogen-bond acceptors (Lipinski definition) is 7. The number of aliphatic hydroxyl groups is 2. The first-order valence-electron chi connectivity index (χ1n) is 6.72. The lowest BCUT2D eigenvalue weighted by molar-refractivity contribution is -0.0436. The van der Waals surface area contributed by atoms with Gasteiger partial charge in [0.2, 0.25) is 5.95 Å². The number of nitrogens with two attached hydrogens (primary N) is 1. The summed E-state index contributed by atoms with van der Waals surface area (Å²) in [5.74, 6) is 5.55. The van der Waals surface area contributed by atoms with E-state index >= 15 is 0 Å². The minimum Gasteiger partial charge on any atom is -0.394 e. The van der Waals surface area contributed by atoms with E-state index < -0.39 is 29.9 Å². The minimum atomic E-state index is -1.46. The van der Waals surface area contributed by atoms with Gasteiger partial charge in [-0.2, -0.15) is 4.98 Å². The van der Waals surface area contributed by atoms with Crippen molar-refractivity contribution in [2.24, 2.45) is 0 Å². The molecular formula is C13H14ClN5O3S. The summed E-state index contributed by atoms with van der Waals surface area (Å²) in [6, 6.07) is 0. The van der Waals surface area contributed by atoms with Gasteiger partial charge in [-0.15, -0.1) is 5.92 Å². The van der Waals surface area contributed by atoms with E-state index in [1.54, 1.807) is 6.92 Å². The average molecular weight is 356 g/mol. The standard InChI is InChI=1S/C13H14ClN5O3S/c1-2-3-13(14)8(21)6(4-20)22-11(13)19-5-16-7-9(19)17-12(15)18-10(7)23/h5-6,8,11,20-21H,4H2,1H3,(H3,15,17,18,23)/t6-,8+,11-,13?/m1/s1. The molecule has 0 saturated carbocycles. The predicted molar refractivity (Wildman–Crippen MR) is 86.2 cm³/mol. The first-order valence-corrected chi connectivity index (χ1v) is 7.50. The molecule has 122 valence electrons. The predicted octanol–water partition coefficient (Wildman–Crippen LogP) is 0.323. The molecule has 1 fully saturated rings. The number of anilines is 1. The van der Waals surface area contributed by atoms with Crippen LogP contribution < -0.4 is 5.73 Å². The zero-order valence-corrected chi connectivity index (χ0v) is 13.6. The summed E-state index contributed by atoms with van der Waals surface area (Å²) < 4.78 is 7.52. The van der Waals surface area contributed by atoms with E-state index in [0.29, 0.717) is 15.8 Å². The van der Waals surface area contributed by atoms with Crippen molar-refractivity contribution in [1.29, 1.82) is 0 Å². The number of aromatic amines is 1. The van der Waals surface area contributed by atoms with Crippen LogP contribution in [0.2, 0.25) is 0 Å². The molecule has 1 unspecified atom stereocenters. The van der Waals surface area contributed by atoms with E-state index in [1.165, 1.54) is 10.9 Å². The van der Waals surface area contributed by atoms with Gasteiger partial charge in [0.05, 0.1) is 12.9 Å². The smallest absolute Gasteiger partial charge is 0.200 e. The molecule has 3 heterocycles. The summed E-state index contributed by atoms with van der Waals surface area (Å²) in [5, 5.41) is 19.7. The van der Waals surface area contributed by atoms with E-state index in [4.69, 9.17) is 34.3 Å². The Labute approximate surface area is 141 Å². The number of hydrogen-bond donors (Lipinski definition) is 4. The van der Waals surface area contributed by atoms with Gasteiger partial charge < -0.3 is 25.7 Å². The van der Waals surface area contributed by atoms with Gasteiger partial charge in [0.15, 0.2) is 16.7 Å². The molecule has 1 saturated heterocycles. The van der Waals surface area contributed by atoms with E-state index in [1.807, 2.05) is 0 Å². The van der Waals surface area contributed by atoms with Crippen LogP contribution in [0.15, 0.2) is 6.33 Å². The summed E-state index contributed by atoms with van der Waals surface area (Å²) in [6.07, 6.45) is -1.56. The first kappa shape index (κ1) is 16.2. The highest BCUT2D eigenvalue weighted by Crippen LogP contribution is 2.44. The molecule has 2 aromatic rings. The third-order valence-corrected chi connectivity index (χ3v) is 4.45. The van der Waals surface area contributed by atoms with Crippen LogP contribution in [-0.2, 0) is 4.74 Å². The van der Waals surface area contributed by atoms with E-state index in [2.05, 4.69) is 26.8 Å². The summed E-state index contributed by atoms with van der Waals surface area (Å²) in [6.45, 7) is 1.19.